The molecular weight excluding hydrogens is 346 g/mol. The monoisotopic (exact) mass is 355 g/mol. The molecule has 0 radical (unpaired) electrons. The Labute approximate surface area is 128 Å². The largest absolute Gasteiger partial charge is 0.314 e. The minimum Gasteiger partial charge on any atom is -0.314 e. The number of carbonyl (C=O) groups is 2. The Bertz CT molecular complexity index is 713. The molecule has 1 fully saturated rings. The van der Waals surface area contributed by atoms with Crippen LogP contribution in [0.3, 0.4) is 0 Å². The zero-order valence-electron chi connectivity index (χ0n) is 10.4. The van der Waals surface area contributed by atoms with Gasteiger partial charge < -0.3 is 4.57 Å². The first-order valence-corrected chi connectivity index (χ1v) is 7.49. The van der Waals surface area contributed by atoms with Crippen molar-refractivity contribution in [3.63, 3.8) is 0 Å². The molecule has 0 aliphatic carbocycles. The summed E-state index contributed by atoms with van der Waals surface area (Å²) in [4.78, 5) is 27.8. The van der Waals surface area contributed by atoms with Crippen molar-refractivity contribution in [1.29, 1.82) is 0 Å². The van der Waals surface area contributed by atoms with Crippen molar-refractivity contribution in [3.05, 3.63) is 28.5 Å². The van der Waals surface area contributed by atoms with E-state index in [1.165, 1.54) is 0 Å². The molecule has 0 bridgehead atoms. The van der Waals surface area contributed by atoms with Crippen LogP contribution >= 0.6 is 27.5 Å². The molecule has 1 saturated heterocycles. The van der Waals surface area contributed by atoms with Crippen LogP contribution in [0.15, 0.2) is 22.7 Å². The van der Waals surface area contributed by atoms with Gasteiger partial charge in [0.2, 0.25) is 11.8 Å². The molecule has 5 nitrogen and oxygen atoms in total. The topological polar surface area (TPSA) is 64.0 Å². The van der Waals surface area contributed by atoms with Crippen molar-refractivity contribution in [1.82, 2.24) is 14.9 Å². The predicted molar refractivity (Wildman–Crippen MR) is 78.4 cm³/mol. The van der Waals surface area contributed by atoms with Gasteiger partial charge >= 0.3 is 0 Å². The molecule has 7 heteroatoms. The van der Waals surface area contributed by atoms with E-state index in [4.69, 9.17) is 11.6 Å². The Morgan fingerprint density at radius 2 is 2.25 bits per heavy atom. The summed E-state index contributed by atoms with van der Waals surface area (Å²) in [5.41, 5.74) is 1.62. The molecule has 2 aromatic rings. The summed E-state index contributed by atoms with van der Waals surface area (Å²) in [5.74, 6) is 0.319. The fraction of sp³-hybridized carbons (Fsp3) is 0.308. The number of hydrogen-bond donors (Lipinski definition) is 1. The summed E-state index contributed by atoms with van der Waals surface area (Å²) in [5, 5.41) is 2.37. The molecule has 1 aliphatic rings. The van der Waals surface area contributed by atoms with Gasteiger partial charge in [0.25, 0.3) is 0 Å². The number of hydrogen-bond acceptors (Lipinski definition) is 3. The number of piperidine rings is 1. The lowest BCUT2D eigenvalue weighted by Crippen LogP contribution is -2.42. The maximum absolute atomic E-state index is 12.0. The minimum absolute atomic E-state index is 0.212. The quantitative estimate of drug-likeness (QED) is 0.664. The summed E-state index contributed by atoms with van der Waals surface area (Å²) < 4.78 is 2.75. The first-order valence-electron chi connectivity index (χ1n) is 6.16. The van der Waals surface area contributed by atoms with Gasteiger partial charge in [0, 0.05) is 10.9 Å². The van der Waals surface area contributed by atoms with Crippen LogP contribution in [-0.4, -0.2) is 21.4 Å². The van der Waals surface area contributed by atoms with Gasteiger partial charge in [-0.25, -0.2) is 4.98 Å². The number of nitrogens with one attached hydrogen (secondary N) is 1. The Morgan fingerprint density at radius 1 is 1.45 bits per heavy atom. The van der Waals surface area contributed by atoms with Crippen LogP contribution in [-0.2, 0) is 15.5 Å². The molecule has 0 spiro atoms. The summed E-state index contributed by atoms with van der Waals surface area (Å²) >= 11 is 9.34. The molecule has 1 aromatic heterocycles. The van der Waals surface area contributed by atoms with Crippen molar-refractivity contribution >= 4 is 50.4 Å². The van der Waals surface area contributed by atoms with Crippen LogP contribution < -0.4 is 5.32 Å². The molecule has 2 amide bonds. The number of alkyl halides is 1. The first kappa shape index (κ1) is 13.6. The maximum atomic E-state index is 12.0. The average Bonchev–Trinajstić information content (AvgIpc) is 2.76. The number of aromatic nitrogens is 2. The van der Waals surface area contributed by atoms with Gasteiger partial charge in [-0.15, -0.1) is 11.6 Å². The van der Waals surface area contributed by atoms with E-state index in [0.717, 1.165) is 15.5 Å². The van der Waals surface area contributed by atoms with Crippen LogP contribution in [0.2, 0.25) is 0 Å². The lowest BCUT2D eigenvalue weighted by Gasteiger charge is -2.24. The number of fused-ring (bicyclic) bond motifs is 1. The molecule has 1 N–H and O–H groups in total. The number of rotatable bonds is 2. The summed E-state index contributed by atoms with van der Waals surface area (Å²) in [6.07, 6.45) is 0.796. The Morgan fingerprint density at radius 3 is 2.95 bits per heavy atom. The van der Waals surface area contributed by atoms with Gasteiger partial charge in [0.05, 0.1) is 16.9 Å². The van der Waals surface area contributed by atoms with E-state index < -0.39 is 6.04 Å². The number of carbonyl (C=O) groups excluding carboxylic acids is 2. The highest BCUT2D eigenvalue weighted by Crippen LogP contribution is 2.28. The van der Waals surface area contributed by atoms with E-state index in [9.17, 15) is 9.59 Å². The highest BCUT2D eigenvalue weighted by atomic mass is 79.9. The summed E-state index contributed by atoms with van der Waals surface area (Å²) in [6, 6.07) is 5.23. The molecule has 2 heterocycles. The highest BCUT2D eigenvalue weighted by Gasteiger charge is 2.30. The van der Waals surface area contributed by atoms with Gasteiger partial charge in [0.15, 0.2) is 0 Å². The van der Waals surface area contributed by atoms with Crippen LogP contribution in [0.25, 0.3) is 11.0 Å². The molecule has 1 aliphatic heterocycles. The van der Waals surface area contributed by atoms with Crippen LogP contribution in [0, 0.1) is 0 Å². The molecule has 20 heavy (non-hydrogen) atoms. The third-order valence-electron chi connectivity index (χ3n) is 3.37. The number of imide groups is 1. The molecule has 1 unspecified atom stereocenters. The van der Waals surface area contributed by atoms with E-state index >= 15 is 0 Å². The van der Waals surface area contributed by atoms with Crippen LogP contribution in [0.5, 0.6) is 0 Å². The zero-order valence-corrected chi connectivity index (χ0v) is 12.7. The summed E-state index contributed by atoms with van der Waals surface area (Å²) in [6.45, 7) is 0. The Kier molecular flexibility index (Phi) is 3.52. The minimum atomic E-state index is -0.437. The van der Waals surface area contributed by atoms with Crippen LogP contribution in [0.1, 0.15) is 24.7 Å². The van der Waals surface area contributed by atoms with Crippen LogP contribution in [0.4, 0.5) is 0 Å². The van der Waals surface area contributed by atoms with E-state index in [1.807, 2.05) is 22.8 Å². The number of halogens is 2. The molecule has 1 aromatic carbocycles. The summed E-state index contributed by atoms with van der Waals surface area (Å²) in [7, 11) is 0. The standard InChI is InChI=1S/C13H11BrClN3O2/c14-7-1-2-9-8(5-7)16-11(6-15)18(9)10-3-4-12(19)17-13(10)20/h1-2,5,10H,3-4,6H2,(H,17,19,20). The third-order valence-corrected chi connectivity index (χ3v) is 4.10. The van der Waals surface area contributed by atoms with Gasteiger partial charge in [-0.3, -0.25) is 14.9 Å². The second-order valence-electron chi connectivity index (χ2n) is 4.63. The van der Waals surface area contributed by atoms with Crippen molar-refractivity contribution in [2.75, 3.05) is 0 Å². The first-order chi connectivity index (χ1) is 9.60. The zero-order chi connectivity index (χ0) is 14.3. The van der Waals surface area contributed by atoms with Gasteiger partial charge in [0.1, 0.15) is 11.9 Å². The lowest BCUT2D eigenvalue weighted by atomic mass is 10.1. The van der Waals surface area contributed by atoms with Gasteiger partial charge in [-0.05, 0) is 24.6 Å². The Hall–Kier alpha value is -1.40. The molecule has 3 rings (SSSR count). The smallest absolute Gasteiger partial charge is 0.249 e. The average molecular weight is 357 g/mol. The fourth-order valence-electron chi connectivity index (χ4n) is 2.49. The predicted octanol–water partition coefficient (Wildman–Crippen LogP) is 2.52. The number of amides is 2. The number of nitrogens with zero attached hydrogens (tertiary/aromatic N) is 2. The molecule has 1 atom stereocenters. The molecule has 104 valence electrons. The van der Waals surface area contributed by atoms with E-state index in [-0.39, 0.29) is 17.7 Å². The highest BCUT2D eigenvalue weighted by molar-refractivity contribution is 9.10. The molecular formula is C13H11BrClN3O2. The van der Waals surface area contributed by atoms with Gasteiger partial charge in [-0.1, -0.05) is 15.9 Å². The van der Waals surface area contributed by atoms with Crippen molar-refractivity contribution in [2.45, 2.75) is 24.8 Å². The second-order valence-corrected chi connectivity index (χ2v) is 5.81. The maximum Gasteiger partial charge on any atom is 0.249 e. The SMILES string of the molecule is O=C1CCC(n2c(CCl)nc3cc(Br)ccc32)C(=O)N1. The third kappa shape index (κ3) is 2.23. The lowest BCUT2D eigenvalue weighted by molar-refractivity contribution is -0.135. The van der Waals surface area contributed by atoms with E-state index in [1.54, 1.807) is 0 Å². The number of imidazole rings is 1. The second kappa shape index (κ2) is 5.18. The van der Waals surface area contributed by atoms with E-state index in [0.29, 0.717) is 18.7 Å². The fourth-order valence-corrected chi connectivity index (χ4v) is 3.03. The normalized spacial score (nSPS) is 19.4. The van der Waals surface area contributed by atoms with E-state index in [2.05, 4.69) is 26.2 Å². The van der Waals surface area contributed by atoms with Crippen molar-refractivity contribution in [2.24, 2.45) is 0 Å². The Balaban J connectivity index is 2.14. The molecule has 0 saturated carbocycles. The van der Waals surface area contributed by atoms with Crippen molar-refractivity contribution < 1.29 is 9.59 Å². The van der Waals surface area contributed by atoms with Crippen molar-refractivity contribution in [3.8, 4) is 0 Å². The van der Waals surface area contributed by atoms with Gasteiger partial charge in [-0.2, -0.15) is 0 Å². The number of benzene rings is 1.